The number of nitrogens with one attached hydrogen (secondary N) is 1. The van der Waals surface area contributed by atoms with Crippen molar-refractivity contribution in [1.29, 1.82) is 0 Å². The number of halogens is 3. The lowest BCUT2D eigenvalue weighted by atomic mass is 9.92. The number of carbonyl (C=O) groups excluding carboxylic acids is 1. The normalized spacial score (nSPS) is 15.8. The van der Waals surface area contributed by atoms with Gasteiger partial charge in [-0.25, -0.2) is 0 Å². The van der Waals surface area contributed by atoms with Gasteiger partial charge in [0.05, 0.1) is 12.2 Å². The van der Waals surface area contributed by atoms with Crippen molar-refractivity contribution in [3.05, 3.63) is 71.8 Å². The van der Waals surface area contributed by atoms with Crippen LogP contribution in [0.3, 0.4) is 0 Å². The molecule has 1 atom stereocenters. The van der Waals surface area contributed by atoms with Gasteiger partial charge in [0.1, 0.15) is 11.5 Å². The van der Waals surface area contributed by atoms with Gasteiger partial charge in [-0.2, -0.15) is 13.2 Å². The lowest BCUT2D eigenvalue weighted by molar-refractivity contribution is -0.137. The van der Waals surface area contributed by atoms with E-state index in [1.54, 1.807) is 30.3 Å². The van der Waals surface area contributed by atoms with Gasteiger partial charge in [0.25, 0.3) is 5.91 Å². The number of β-amino-alcohol motifs (C(OH)–C–C–N with tert-alkyl or cyclic N) is 1. The fourth-order valence-electron chi connectivity index (χ4n) is 3.98. The second-order valence-corrected chi connectivity index (χ2v) is 8.32. The SMILES string of the molecule is C[C@@H](NC(=O)c1ccc2c(Oc3ccc(C(F)(F)F)cc3)cccc2c1)C1CN(CCO)C1. The van der Waals surface area contributed by atoms with Gasteiger partial charge in [-0.1, -0.05) is 12.1 Å². The van der Waals surface area contributed by atoms with Gasteiger partial charge in [0, 0.05) is 42.5 Å². The van der Waals surface area contributed by atoms with Crippen LogP contribution in [0.2, 0.25) is 0 Å². The summed E-state index contributed by atoms with van der Waals surface area (Å²) in [6.45, 7) is 4.47. The molecule has 1 saturated heterocycles. The van der Waals surface area contributed by atoms with Gasteiger partial charge in [-0.05, 0) is 60.8 Å². The third-order valence-electron chi connectivity index (χ3n) is 5.98. The molecule has 3 aromatic carbocycles. The third-order valence-corrected chi connectivity index (χ3v) is 5.98. The maximum absolute atomic E-state index is 12.8. The minimum atomic E-state index is -4.40. The highest BCUT2D eigenvalue weighted by Crippen LogP contribution is 2.34. The van der Waals surface area contributed by atoms with Gasteiger partial charge in [0.15, 0.2) is 0 Å². The van der Waals surface area contributed by atoms with Crippen LogP contribution >= 0.6 is 0 Å². The van der Waals surface area contributed by atoms with Gasteiger partial charge in [-0.15, -0.1) is 0 Å². The largest absolute Gasteiger partial charge is 0.457 e. The number of carbonyl (C=O) groups is 1. The summed E-state index contributed by atoms with van der Waals surface area (Å²) in [6.07, 6.45) is -4.40. The van der Waals surface area contributed by atoms with E-state index in [9.17, 15) is 18.0 Å². The van der Waals surface area contributed by atoms with Crippen molar-refractivity contribution in [1.82, 2.24) is 10.2 Å². The summed E-state index contributed by atoms with van der Waals surface area (Å²) in [7, 11) is 0. The first-order valence-electron chi connectivity index (χ1n) is 10.8. The minimum absolute atomic E-state index is 0.0116. The van der Waals surface area contributed by atoms with Crippen molar-refractivity contribution in [3.63, 3.8) is 0 Å². The third kappa shape index (κ3) is 5.29. The van der Waals surface area contributed by atoms with Crippen molar-refractivity contribution in [2.75, 3.05) is 26.2 Å². The van der Waals surface area contributed by atoms with Crippen LogP contribution in [0.5, 0.6) is 11.5 Å². The number of amides is 1. The Hall–Kier alpha value is -3.10. The second kappa shape index (κ2) is 9.41. The molecular weight excluding hydrogens is 433 g/mol. The molecule has 33 heavy (non-hydrogen) atoms. The number of hydrogen-bond acceptors (Lipinski definition) is 4. The van der Waals surface area contributed by atoms with Crippen LogP contribution in [0.4, 0.5) is 13.2 Å². The van der Waals surface area contributed by atoms with Crippen molar-refractivity contribution >= 4 is 16.7 Å². The molecule has 0 unspecified atom stereocenters. The highest BCUT2D eigenvalue weighted by atomic mass is 19.4. The number of benzene rings is 3. The molecule has 0 aromatic heterocycles. The zero-order valence-corrected chi connectivity index (χ0v) is 18.1. The lowest BCUT2D eigenvalue weighted by Crippen LogP contribution is -2.56. The van der Waals surface area contributed by atoms with Gasteiger partial charge >= 0.3 is 6.18 Å². The minimum Gasteiger partial charge on any atom is -0.457 e. The highest BCUT2D eigenvalue weighted by Gasteiger charge is 2.31. The summed E-state index contributed by atoms with van der Waals surface area (Å²) in [4.78, 5) is 14.9. The number of rotatable bonds is 7. The molecule has 1 amide bonds. The van der Waals surface area contributed by atoms with Crippen molar-refractivity contribution < 1.29 is 27.8 Å². The highest BCUT2D eigenvalue weighted by molar-refractivity contribution is 6.00. The monoisotopic (exact) mass is 458 g/mol. The summed E-state index contributed by atoms with van der Waals surface area (Å²) in [5, 5.41) is 13.6. The van der Waals surface area contributed by atoms with Gasteiger partial charge < -0.3 is 20.1 Å². The smallest absolute Gasteiger partial charge is 0.416 e. The Morgan fingerprint density at radius 1 is 1.15 bits per heavy atom. The summed E-state index contributed by atoms with van der Waals surface area (Å²) in [6, 6.07) is 15.2. The number of aliphatic hydroxyl groups excluding tert-OH is 1. The molecule has 3 aromatic rings. The number of likely N-dealkylation sites (tertiary alicyclic amines) is 1. The maximum atomic E-state index is 12.8. The number of hydrogen-bond donors (Lipinski definition) is 2. The average molecular weight is 458 g/mol. The molecule has 5 nitrogen and oxygen atoms in total. The number of nitrogens with zero attached hydrogens (tertiary/aromatic N) is 1. The van der Waals surface area contributed by atoms with Gasteiger partial charge in [-0.3, -0.25) is 4.79 Å². The molecule has 0 aliphatic carbocycles. The van der Waals surface area contributed by atoms with E-state index < -0.39 is 11.7 Å². The van der Waals surface area contributed by atoms with E-state index in [-0.39, 0.29) is 18.6 Å². The van der Waals surface area contributed by atoms with E-state index in [2.05, 4.69) is 10.2 Å². The number of alkyl halides is 3. The molecule has 1 aliphatic rings. The molecule has 1 aliphatic heterocycles. The van der Waals surface area contributed by atoms with Crippen LogP contribution in [0, 0.1) is 5.92 Å². The molecule has 0 spiro atoms. The van der Waals surface area contributed by atoms with Crippen LogP contribution in [-0.4, -0.2) is 48.2 Å². The van der Waals surface area contributed by atoms with Crippen LogP contribution in [0.25, 0.3) is 10.8 Å². The quantitative estimate of drug-likeness (QED) is 0.539. The Labute approximate surface area is 189 Å². The molecule has 1 heterocycles. The van der Waals surface area contributed by atoms with Crippen LogP contribution < -0.4 is 10.1 Å². The zero-order valence-electron chi connectivity index (χ0n) is 18.1. The number of fused-ring (bicyclic) bond motifs is 1. The van der Waals surface area contributed by atoms with E-state index in [0.717, 1.165) is 36.0 Å². The Morgan fingerprint density at radius 2 is 1.88 bits per heavy atom. The molecule has 0 bridgehead atoms. The average Bonchev–Trinajstić information content (AvgIpc) is 2.75. The first kappa shape index (κ1) is 23.1. The Balaban J connectivity index is 1.45. The van der Waals surface area contributed by atoms with E-state index >= 15 is 0 Å². The Kier molecular flexibility index (Phi) is 6.58. The molecule has 174 valence electrons. The predicted molar refractivity (Wildman–Crippen MR) is 119 cm³/mol. The summed E-state index contributed by atoms with van der Waals surface area (Å²) in [5.41, 5.74) is -0.215. The lowest BCUT2D eigenvalue weighted by Gasteiger charge is -2.42. The van der Waals surface area contributed by atoms with E-state index in [1.807, 2.05) is 13.0 Å². The molecule has 2 N–H and O–H groups in total. The number of aliphatic hydroxyl groups is 1. The van der Waals surface area contributed by atoms with E-state index in [4.69, 9.17) is 9.84 Å². The zero-order chi connectivity index (χ0) is 23.6. The fraction of sp³-hybridized carbons (Fsp3) is 0.320. The number of ether oxygens (including phenoxy) is 1. The van der Waals surface area contributed by atoms with Crippen molar-refractivity contribution in [2.45, 2.75) is 19.1 Å². The van der Waals surface area contributed by atoms with Crippen molar-refractivity contribution in [2.24, 2.45) is 5.92 Å². The van der Waals surface area contributed by atoms with E-state index in [0.29, 0.717) is 29.5 Å². The van der Waals surface area contributed by atoms with E-state index in [1.165, 1.54) is 12.1 Å². The van der Waals surface area contributed by atoms with Gasteiger partial charge in [0.2, 0.25) is 0 Å². The molecule has 0 radical (unpaired) electrons. The molecule has 0 saturated carbocycles. The maximum Gasteiger partial charge on any atom is 0.416 e. The molecule has 4 rings (SSSR count). The topological polar surface area (TPSA) is 61.8 Å². The van der Waals surface area contributed by atoms with Crippen molar-refractivity contribution in [3.8, 4) is 11.5 Å². The fourth-order valence-corrected chi connectivity index (χ4v) is 3.98. The molecular formula is C25H25F3N2O3. The van der Waals surface area contributed by atoms with Crippen LogP contribution in [0.15, 0.2) is 60.7 Å². The Morgan fingerprint density at radius 3 is 2.55 bits per heavy atom. The summed E-state index contributed by atoms with van der Waals surface area (Å²) in [5.74, 6) is 0.969. The second-order valence-electron chi connectivity index (χ2n) is 8.32. The summed E-state index contributed by atoms with van der Waals surface area (Å²) >= 11 is 0. The van der Waals surface area contributed by atoms with Crippen LogP contribution in [-0.2, 0) is 6.18 Å². The Bertz CT molecular complexity index is 1130. The molecule has 8 heteroatoms. The molecule has 1 fully saturated rings. The first-order valence-corrected chi connectivity index (χ1v) is 10.8. The van der Waals surface area contributed by atoms with Crippen LogP contribution in [0.1, 0.15) is 22.8 Å². The predicted octanol–water partition coefficient (Wildman–Crippen LogP) is 4.69. The standard InChI is InChI=1S/C25H25F3N2O3/c1-16(19-14-30(15-19)11-12-31)29-24(32)18-5-10-22-17(13-18)3-2-4-23(22)33-21-8-6-20(7-9-21)25(26,27)28/h2-10,13,16,19,31H,11-12,14-15H2,1H3,(H,29,32)/t16-/m1/s1. The summed E-state index contributed by atoms with van der Waals surface area (Å²) < 4.78 is 44.1. The first-order chi connectivity index (χ1) is 15.7.